The van der Waals surface area contributed by atoms with Crippen molar-refractivity contribution in [3.63, 3.8) is 0 Å². The summed E-state index contributed by atoms with van der Waals surface area (Å²) in [5, 5.41) is 0. The second-order valence-corrected chi connectivity index (χ2v) is 4.94. The molecule has 0 spiro atoms. The quantitative estimate of drug-likeness (QED) is 0.833. The molecule has 0 bridgehead atoms. The molecule has 0 amide bonds. The highest BCUT2D eigenvalue weighted by molar-refractivity contribution is 9.10. The van der Waals surface area contributed by atoms with Crippen molar-refractivity contribution in [2.75, 3.05) is 13.1 Å². The number of nitrogens with two attached hydrogens (primary N) is 1. The van der Waals surface area contributed by atoms with E-state index < -0.39 is 0 Å². The van der Waals surface area contributed by atoms with E-state index in [1.807, 2.05) is 6.20 Å². The van der Waals surface area contributed by atoms with Gasteiger partial charge in [-0.05, 0) is 53.0 Å². The number of nitrogens with zero attached hydrogens (tertiary/aromatic N) is 2. The molecular weight excluding hydrogens is 254 g/mol. The van der Waals surface area contributed by atoms with Gasteiger partial charge in [0.1, 0.15) is 4.60 Å². The van der Waals surface area contributed by atoms with Crippen molar-refractivity contribution in [3.8, 4) is 0 Å². The average molecular weight is 270 g/mol. The first-order valence-electron chi connectivity index (χ1n) is 5.32. The topological polar surface area (TPSA) is 42.1 Å². The van der Waals surface area contributed by atoms with Gasteiger partial charge in [-0.1, -0.05) is 0 Å². The summed E-state index contributed by atoms with van der Waals surface area (Å²) >= 11 is 3.38. The zero-order valence-corrected chi connectivity index (χ0v) is 10.3. The van der Waals surface area contributed by atoms with Gasteiger partial charge >= 0.3 is 0 Å². The Morgan fingerprint density at radius 1 is 1.60 bits per heavy atom. The van der Waals surface area contributed by atoms with Crippen molar-refractivity contribution in [1.82, 2.24) is 9.88 Å². The summed E-state index contributed by atoms with van der Waals surface area (Å²) in [5.74, 6) is 0. The summed E-state index contributed by atoms with van der Waals surface area (Å²) in [6, 6.07) is 4.48. The lowest BCUT2D eigenvalue weighted by atomic mass is 10.1. The largest absolute Gasteiger partial charge is 0.327 e. The van der Waals surface area contributed by atoms with Crippen LogP contribution in [-0.2, 0) is 6.54 Å². The highest BCUT2D eigenvalue weighted by Crippen LogP contribution is 2.14. The van der Waals surface area contributed by atoms with Gasteiger partial charge in [-0.2, -0.15) is 0 Å². The molecule has 1 aliphatic rings. The molecule has 82 valence electrons. The average Bonchev–Trinajstić information content (AvgIpc) is 2.17. The Balaban J connectivity index is 1.96. The van der Waals surface area contributed by atoms with Crippen molar-refractivity contribution in [1.29, 1.82) is 0 Å². The monoisotopic (exact) mass is 269 g/mol. The molecule has 0 radical (unpaired) electrons. The number of piperidine rings is 1. The van der Waals surface area contributed by atoms with Gasteiger partial charge in [0.25, 0.3) is 0 Å². The number of aromatic nitrogens is 1. The fourth-order valence-electron chi connectivity index (χ4n) is 2.03. The number of halogens is 1. The van der Waals surface area contributed by atoms with Gasteiger partial charge in [0, 0.05) is 25.3 Å². The van der Waals surface area contributed by atoms with Crippen molar-refractivity contribution in [2.45, 2.75) is 25.4 Å². The van der Waals surface area contributed by atoms with Crippen LogP contribution in [0.3, 0.4) is 0 Å². The first-order chi connectivity index (χ1) is 7.24. The number of rotatable bonds is 2. The van der Waals surface area contributed by atoms with Gasteiger partial charge in [0.2, 0.25) is 0 Å². The van der Waals surface area contributed by atoms with E-state index in [0.717, 1.165) is 30.7 Å². The van der Waals surface area contributed by atoms with Crippen LogP contribution in [0.5, 0.6) is 0 Å². The Labute approximate surface area is 98.8 Å². The maximum Gasteiger partial charge on any atom is 0.106 e. The van der Waals surface area contributed by atoms with Gasteiger partial charge < -0.3 is 5.73 Å². The van der Waals surface area contributed by atoms with E-state index in [4.69, 9.17) is 5.73 Å². The minimum absolute atomic E-state index is 0.351. The van der Waals surface area contributed by atoms with E-state index in [1.54, 1.807) is 0 Å². The van der Waals surface area contributed by atoms with Crippen molar-refractivity contribution >= 4 is 15.9 Å². The molecule has 0 unspecified atom stereocenters. The molecule has 4 heteroatoms. The molecule has 1 fully saturated rings. The fraction of sp³-hybridized carbons (Fsp3) is 0.545. The molecule has 3 nitrogen and oxygen atoms in total. The molecule has 1 aromatic rings. The zero-order chi connectivity index (χ0) is 10.7. The number of hydrogen-bond donors (Lipinski definition) is 1. The lowest BCUT2D eigenvalue weighted by molar-refractivity contribution is 0.201. The Morgan fingerprint density at radius 3 is 3.20 bits per heavy atom. The van der Waals surface area contributed by atoms with Crippen LogP contribution in [0.2, 0.25) is 0 Å². The van der Waals surface area contributed by atoms with Crippen LogP contribution in [-0.4, -0.2) is 29.0 Å². The highest BCUT2D eigenvalue weighted by atomic mass is 79.9. The molecule has 1 atom stereocenters. The maximum absolute atomic E-state index is 5.95. The predicted molar refractivity (Wildman–Crippen MR) is 64.4 cm³/mol. The standard InChI is InChI=1S/C11H16BrN3/c12-11-6-9(3-4-14-11)7-15-5-1-2-10(13)8-15/h3-4,6,10H,1-2,5,7-8,13H2/t10-/m0/s1. The normalized spacial score (nSPS) is 22.9. The number of hydrogen-bond acceptors (Lipinski definition) is 3. The van der Waals surface area contributed by atoms with Gasteiger partial charge in [0.05, 0.1) is 0 Å². The SMILES string of the molecule is N[C@H]1CCCN(Cc2ccnc(Br)c2)C1. The summed E-state index contributed by atoms with van der Waals surface area (Å²) in [7, 11) is 0. The van der Waals surface area contributed by atoms with Crippen LogP contribution in [0, 0.1) is 0 Å². The summed E-state index contributed by atoms with van der Waals surface area (Å²) in [4.78, 5) is 6.53. The lowest BCUT2D eigenvalue weighted by Crippen LogP contribution is -2.42. The van der Waals surface area contributed by atoms with E-state index >= 15 is 0 Å². The van der Waals surface area contributed by atoms with E-state index in [0.29, 0.717) is 6.04 Å². The Morgan fingerprint density at radius 2 is 2.47 bits per heavy atom. The smallest absolute Gasteiger partial charge is 0.106 e. The molecule has 15 heavy (non-hydrogen) atoms. The highest BCUT2D eigenvalue weighted by Gasteiger charge is 2.16. The molecule has 2 rings (SSSR count). The third-order valence-electron chi connectivity index (χ3n) is 2.74. The Hall–Kier alpha value is -0.450. The molecule has 0 aromatic carbocycles. The van der Waals surface area contributed by atoms with Crippen molar-refractivity contribution in [2.24, 2.45) is 5.73 Å². The number of pyridine rings is 1. The van der Waals surface area contributed by atoms with Gasteiger partial charge in [-0.3, -0.25) is 4.90 Å². The Kier molecular flexibility index (Phi) is 3.72. The molecule has 2 N–H and O–H groups in total. The lowest BCUT2D eigenvalue weighted by Gasteiger charge is -2.30. The van der Waals surface area contributed by atoms with E-state index in [1.165, 1.54) is 12.0 Å². The summed E-state index contributed by atoms with van der Waals surface area (Å²) in [6.45, 7) is 3.16. The van der Waals surface area contributed by atoms with Crippen LogP contribution >= 0.6 is 15.9 Å². The summed E-state index contributed by atoms with van der Waals surface area (Å²) in [6.07, 6.45) is 4.22. The minimum atomic E-state index is 0.351. The molecule has 0 aliphatic carbocycles. The predicted octanol–water partition coefficient (Wildman–Crippen LogP) is 1.77. The van der Waals surface area contributed by atoms with Crippen LogP contribution in [0.15, 0.2) is 22.9 Å². The van der Waals surface area contributed by atoms with E-state index in [9.17, 15) is 0 Å². The molecular formula is C11H16BrN3. The molecule has 1 aliphatic heterocycles. The minimum Gasteiger partial charge on any atom is -0.327 e. The second kappa shape index (κ2) is 5.05. The number of likely N-dealkylation sites (tertiary alicyclic amines) is 1. The van der Waals surface area contributed by atoms with Gasteiger partial charge in [0.15, 0.2) is 0 Å². The maximum atomic E-state index is 5.95. The third-order valence-corrected chi connectivity index (χ3v) is 3.17. The van der Waals surface area contributed by atoms with Crippen molar-refractivity contribution in [3.05, 3.63) is 28.5 Å². The third kappa shape index (κ3) is 3.26. The van der Waals surface area contributed by atoms with Crippen LogP contribution in [0.4, 0.5) is 0 Å². The fourth-order valence-corrected chi connectivity index (χ4v) is 2.45. The van der Waals surface area contributed by atoms with Crippen molar-refractivity contribution < 1.29 is 0 Å². The van der Waals surface area contributed by atoms with E-state index in [2.05, 4.69) is 37.9 Å². The van der Waals surface area contributed by atoms with Gasteiger partial charge in [-0.15, -0.1) is 0 Å². The first-order valence-corrected chi connectivity index (χ1v) is 6.12. The zero-order valence-electron chi connectivity index (χ0n) is 8.69. The van der Waals surface area contributed by atoms with Gasteiger partial charge in [-0.25, -0.2) is 4.98 Å². The Bertz CT molecular complexity index is 329. The molecule has 0 saturated carbocycles. The molecule has 1 aromatic heterocycles. The van der Waals surface area contributed by atoms with Crippen LogP contribution < -0.4 is 5.73 Å². The van der Waals surface area contributed by atoms with Crippen LogP contribution in [0.1, 0.15) is 18.4 Å². The first kappa shape index (κ1) is 11.0. The van der Waals surface area contributed by atoms with Crippen LogP contribution in [0.25, 0.3) is 0 Å². The van der Waals surface area contributed by atoms with E-state index in [-0.39, 0.29) is 0 Å². The second-order valence-electron chi connectivity index (χ2n) is 4.12. The molecule has 2 heterocycles. The summed E-state index contributed by atoms with van der Waals surface area (Å²) < 4.78 is 0.904. The molecule has 1 saturated heterocycles. The summed E-state index contributed by atoms with van der Waals surface area (Å²) in [5.41, 5.74) is 7.24.